The lowest BCUT2D eigenvalue weighted by Gasteiger charge is -2.23. The topological polar surface area (TPSA) is 115 Å². The summed E-state index contributed by atoms with van der Waals surface area (Å²) < 4.78 is 27.2. The normalized spacial score (nSPS) is 17.8. The molecule has 0 unspecified atom stereocenters. The minimum Gasteiger partial charge on any atom is -0.399 e. The van der Waals surface area contributed by atoms with E-state index in [0.29, 0.717) is 0 Å². The summed E-state index contributed by atoms with van der Waals surface area (Å²) in [5.74, 6) is 0. The standard InChI is InChI=1S/C13H19N3O4S/c1-13(6-2-3-7-13)9-15-21(19,20)12-8-10(14)4-5-11(12)16(17)18/h4-5,8,15H,2-3,6-7,9,14H2,1H3. The molecule has 1 aliphatic rings. The fourth-order valence-electron chi connectivity index (χ4n) is 2.65. The van der Waals surface area contributed by atoms with Crippen LogP contribution in [0.25, 0.3) is 0 Å². The van der Waals surface area contributed by atoms with E-state index in [1.807, 2.05) is 6.92 Å². The third kappa shape index (κ3) is 3.51. The molecule has 116 valence electrons. The molecule has 0 saturated heterocycles. The van der Waals surface area contributed by atoms with Crippen molar-refractivity contribution in [2.75, 3.05) is 12.3 Å². The summed E-state index contributed by atoms with van der Waals surface area (Å²) in [6.07, 6.45) is 4.07. The zero-order chi connectivity index (χ0) is 15.7. The van der Waals surface area contributed by atoms with Crippen LogP contribution < -0.4 is 10.5 Å². The lowest BCUT2D eigenvalue weighted by molar-refractivity contribution is -0.387. The van der Waals surface area contributed by atoms with E-state index in [1.165, 1.54) is 6.07 Å². The smallest absolute Gasteiger partial charge is 0.289 e. The Hall–Kier alpha value is -1.67. The van der Waals surface area contributed by atoms with Crippen molar-refractivity contribution in [1.82, 2.24) is 4.72 Å². The fourth-order valence-corrected chi connectivity index (χ4v) is 4.05. The van der Waals surface area contributed by atoms with Crippen LogP contribution >= 0.6 is 0 Å². The minimum atomic E-state index is -3.96. The highest BCUT2D eigenvalue weighted by atomic mass is 32.2. The van der Waals surface area contributed by atoms with Gasteiger partial charge in [-0.25, -0.2) is 13.1 Å². The van der Waals surface area contributed by atoms with Gasteiger partial charge in [0.2, 0.25) is 10.0 Å². The Kier molecular flexibility index (Phi) is 4.20. The SMILES string of the molecule is CC1(CNS(=O)(=O)c2cc(N)ccc2[N+](=O)[O-])CCCC1. The van der Waals surface area contributed by atoms with Crippen molar-refractivity contribution < 1.29 is 13.3 Å². The second kappa shape index (κ2) is 5.61. The third-order valence-electron chi connectivity index (χ3n) is 3.97. The van der Waals surface area contributed by atoms with Gasteiger partial charge in [-0.2, -0.15) is 0 Å². The summed E-state index contributed by atoms with van der Waals surface area (Å²) in [5, 5.41) is 11.0. The van der Waals surface area contributed by atoms with Gasteiger partial charge in [0.15, 0.2) is 4.90 Å². The van der Waals surface area contributed by atoms with Crippen LogP contribution in [0.5, 0.6) is 0 Å². The largest absolute Gasteiger partial charge is 0.399 e. The highest BCUT2D eigenvalue weighted by molar-refractivity contribution is 7.89. The molecule has 0 atom stereocenters. The molecule has 1 saturated carbocycles. The number of benzene rings is 1. The molecule has 3 N–H and O–H groups in total. The molecule has 1 aliphatic carbocycles. The highest BCUT2D eigenvalue weighted by Crippen LogP contribution is 2.37. The molecular formula is C13H19N3O4S. The molecule has 0 heterocycles. The number of nitrogens with two attached hydrogens (primary N) is 1. The van der Waals surface area contributed by atoms with Gasteiger partial charge in [-0.1, -0.05) is 19.8 Å². The number of nitro benzene ring substituents is 1. The maximum absolute atomic E-state index is 12.3. The van der Waals surface area contributed by atoms with Crippen molar-refractivity contribution >= 4 is 21.4 Å². The van der Waals surface area contributed by atoms with E-state index in [-0.39, 0.29) is 22.5 Å². The quantitative estimate of drug-likeness (QED) is 0.490. The predicted octanol–water partition coefficient (Wildman–Crippen LogP) is 2.04. The minimum absolute atomic E-state index is 0.0812. The molecular weight excluding hydrogens is 294 g/mol. The van der Waals surface area contributed by atoms with Crippen molar-refractivity contribution in [1.29, 1.82) is 0 Å². The van der Waals surface area contributed by atoms with Gasteiger partial charge in [-0.3, -0.25) is 10.1 Å². The van der Waals surface area contributed by atoms with Gasteiger partial charge < -0.3 is 5.73 Å². The second-order valence-electron chi connectivity index (χ2n) is 5.83. The molecule has 0 aliphatic heterocycles. The van der Waals surface area contributed by atoms with Crippen molar-refractivity contribution in [2.45, 2.75) is 37.5 Å². The first kappa shape index (κ1) is 15.7. The van der Waals surface area contributed by atoms with Crippen LogP contribution in [0.3, 0.4) is 0 Å². The van der Waals surface area contributed by atoms with E-state index in [2.05, 4.69) is 4.72 Å². The molecule has 1 aromatic carbocycles. The van der Waals surface area contributed by atoms with Crippen LogP contribution in [0.4, 0.5) is 11.4 Å². The molecule has 0 spiro atoms. The molecule has 8 heteroatoms. The van der Waals surface area contributed by atoms with Crippen LogP contribution in [0.15, 0.2) is 23.1 Å². The number of hydrogen-bond donors (Lipinski definition) is 2. The van der Waals surface area contributed by atoms with Gasteiger partial charge >= 0.3 is 0 Å². The first-order valence-electron chi connectivity index (χ1n) is 6.77. The van der Waals surface area contributed by atoms with Crippen LogP contribution in [0, 0.1) is 15.5 Å². The molecule has 7 nitrogen and oxygen atoms in total. The summed E-state index contributed by atoms with van der Waals surface area (Å²) in [7, 11) is -3.96. The van der Waals surface area contributed by atoms with Crippen molar-refractivity contribution in [3.8, 4) is 0 Å². The molecule has 1 aromatic rings. The number of hydrogen-bond acceptors (Lipinski definition) is 5. The molecule has 21 heavy (non-hydrogen) atoms. The van der Waals surface area contributed by atoms with Crippen molar-refractivity contribution in [2.24, 2.45) is 5.41 Å². The summed E-state index contributed by atoms with van der Waals surface area (Å²) in [6.45, 7) is 2.30. The third-order valence-corrected chi connectivity index (χ3v) is 5.40. The van der Waals surface area contributed by atoms with E-state index < -0.39 is 20.6 Å². The van der Waals surface area contributed by atoms with E-state index >= 15 is 0 Å². The lowest BCUT2D eigenvalue weighted by Crippen LogP contribution is -2.34. The average Bonchev–Trinajstić information content (AvgIpc) is 2.84. The van der Waals surface area contributed by atoms with E-state index in [0.717, 1.165) is 37.8 Å². The van der Waals surface area contributed by atoms with Crippen LogP contribution in [0.2, 0.25) is 0 Å². The molecule has 1 fully saturated rings. The number of nitrogens with one attached hydrogen (secondary N) is 1. The van der Waals surface area contributed by atoms with E-state index in [4.69, 9.17) is 5.73 Å². The summed E-state index contributed by atoms with van der Waals surface area (Å²) in [6, 6.07) is 3.55. The van der Waals surface area contributed by atoms with Gasteiger partial charge in [0.05, 0.1) is 4.92 Å². The van der Waals surface area contributed by atoms with Gasteiger partial charge in [-0.15, -0.1) is 0 Å². The zero-order valence-electron chi connectivity index (χ0n) is 11.8. The van der Waals surface area contributed by atoms with Gasteiger partial charge in [0.1, 0.15) is 0 Å². The van der Waals surface area contributed by atoms with Crippen LogP contribution in [0.1, 0.15) is 32.6 Å². The Morgan fingerprint density at radius 2 is 2.00 bits per heavy atom. The Labute approximate surface area is 123 Å². The van der Waals surface area contributed by atoms with Crippen LogP contribution in [-0.2, 0) is 10.0 Å². The fraction of sp³-hybridized carbons (Fsp3) is 0.538. The summed E-state index contributed by atoms with van der Waals surface area (Å²) >= 11 is 0. The Morgan fingerprint density at radius 1 is 1.38 bits per heavy atom. The number of nitrogen functional groups attached to an aromatic ring is 1. The number of sulfonamides is 1. The Morgan fingerprint density at radius 3 is 2.57 bits per heavy atom. The molecule has 0 aromatic heterocycles. The summed E-state index contributed by atoms with van der Waals surface area (Å²) in [5.41, 5.74) is 5.18. The van der Waals surface area contributed by atoms with E-state index in [9.17, 15) is 18.5 Å². The number of nitrogens with zero attached hydrogens (tertiary/aromatic N) is 1. The first-order valence-corrected chi connectivity index (χ1v) is 8.25. The van der Waals surface area contributed by atoms with Gasteiger partial charge in [-0.05, 0) is 30.4 Å². The first-order chi connectivity index (χ1) is 9.73. The van der Waals surface area contributed by atoms with E-state index in [1.54, 1.807) is 0 Å². The number of nitro groups is 1. The zero-order valence-corrected chi connectivity index (χ0v) is 12.6. The average molecular weight is 313 g/mol. The van der Waals surface area contributed by atoms with Gasteiger partial charge in [0, 0.05) is 18.3 Å². The summed E-state index contributed by atoms with van der Waals surface area (Å²) in [4.78, 5) is 9.88. The second-order valence-corrected chi connectivity index (χ2v) is 7.56. The molecule has 0 radical (unpaired) electrons. The predicted molar refractivity (Wildman–Crippen MR) is 79.3 cm³/mol. The number of anilines is 1. The maximum Gasteiger partial charge on any atom is 0.289 e. The Bertz CT molecular complexity index is 651. The highest BCUT2D eigenvalue weighted by Gasteiger charge is 2.32. The van der Waals surface area contributed by atoms with Crippen molar-refractivity contribution in [3.05, 3.63) is 28.3 Å². The molecule has 0 bridgehead atoms. The monoisotopic (exact) mass is 313 g/mol. The Balaban J connectivity index is 2.27. The lowest BCUT2D eigenvalue weighted by atomic mass is 9.89. The van der Waals surface area contributed by atoms with Crippen LogP contribution in [-0.4, -0.2) is 19.9 Å². The maximum atomic E-state index is 12.3. The van der Waals surface area contributed by atoms with Gasteiger partial charge in [0.25, 0.3) is 5.69 Å². The molecule has 0 amide bonds. The number of rotatable bonds is 5. The molecule has 2 rings (SSSR count). The van der Waals surface area contributed by atoms with Crippen molar-refractivity contribution in [3.63, 3.8) is 0 Å².